The van der Waals surface area contributed by atoms with Crippen molar-refractivity contribution in [3.63, 3.8) is 0 Å². The maximum atomic E-state index is 12.8. The Morgan fingerprint density at radius 2 is 1.85 bits per heavy atom. The normalized spacial score (nSPS) is 16.7. The predicted molar refractivity (Wildman–Crippen MR) is 102 cm³/mol. The number of likely N-dealkylation sites (tertiary alicyclic amines) is 1. The van der Waals surface area contributed by atoms with Gasteiger partial charge in [0.1, 0.15) is 6.04 Å². The number of H-pyrrole nitrogens is 1. The molecule has 0 bridgehead atoms. The molecule has 0 spiro atoms. The lowest BCUT2D eigenvalue weighted by molar-refractivity contribution is -0.136. The molecule has 7 nitrogen and oxygen atoms in total. The molecule has 0 saturated carbocycles. The zero-order chi connectivity index (χ0) is 19.0. The number of rotatable bonds is 4. The lowest BCUT2D eigenvalue weighted by atomic mass is 10.1. The second-order valence-corrected chi connectivity index (χ2v) is 6.74. The van der Waals surface area contributed by atoms with Gasteiger partial charge >= 0.3 is 5.69 Å². The molecule has 27 heavy (non-hydrogen) atoms. The molecule has 7 heteroatoms. The number of nitrogens with two attached hydrogens (primary N) is 1. The van der Waals surface area contributed by atoms with E-state index in [-0.39, 0.29) is 18.0 Å². The first kappa shape index (κ1) is 17.1. The highest BCUT2D eigenvalue weighted by Gasteiger charge is 2.32. The average molecular weight is 364 g/mol. The molecule has 1 aliphatic heterocycles. The van der Waals surface area contributed by atoms with Crippen LogP contribution < -0.4 is 11.4 Å². The van der Waals surface area contributed by atoms with Crippen molar-refractivity contribution in [1.82, 2.24) is 14.5 Å². The Bertz CT molecular complexity index is 1080. The fraction of sp³-hybridized carbons (Fsp3) is 0.250. The molecule has 1 unspecified atom stereocenters. The van der Waals surface area contributed by atoms with Gasteiger partial charge in [-0.15, -0.1) is 0 Å². The summed E-state index contributed by atoms with van der Waals surface area (Å²) in [5.74, 6) is -0.626. The van der Waals surface area contributed by atoms with Gasteiger partial charge in [0, 0.05) is 6.54 Å². The third kappa shape index (κ3) is 3.01. The van der Waals surface area contributed by atoms with Crippen molar-refractivity contribution in [2.75, 3.05) is 6.54 Å². The number of aromatic nitrogens is 2. The number of carbonyl (C=O) groups is 2. The number of nitrogens with one attached hydrogen (secondary N) is 1. The van der Waals surface area contributed by atoms with E-state index < -0.39 is 11.9 Å². The van der Waals surface area contributed by atoms with E-state index in [0.29, 0.717) is 18.7 Å². The van der Waals surface area contributed by atoms with Gasteiger partial charge in [-0.3, -0.25) is 14.2 Å². The van der Waals surface area contributed by atoms with E-state index in [1.165, 1.54) is 0 Å². The largest absolute Gasteiger partial charge is 0.368 e. The van der Waals surface area contributed by atoms with Gasteiger partial charge in [-0.2, -0.15) is 0 Å². The van der Waals surface area contributed by atoms with Crippen LogP contribution in [-0.2, 0) is 16.0 Å². The molecule has 0 aliphatic carbocycles. The van der Waals surface area contributed by atoms with E-state index in [2.05, 4.69) is 4.98 Å². The number of hydrogen-bond donors (Lipinski definition) is 2. The molecule has 1 saturated heterocycles. The number of carbonyl (C=O) groups excluding carboxylic acids is 2. The summed E-state index contributed by atoms with van der Waals surface area (Å²) in [7, 11) is 0. The lowest BCUT2D eigenvalue weighted by Gasteiger charge is -2.22. The molecular weight excluding hydrogens is 344 g/mol. The molecule has 1 aliphatic rings. The third-order valence-electron chi connectivity index (χ3n) is 5.07. The van der Waals surface area contributed by atoms with Crippen LogP contribution >= 0.6 is 0 Å². The Labute approximate surface area is 155 Å². The van der Waals surface area contributed by atoms with Gasteiger partial charge in [0.15, 0.2) is 0 Å². The van der Waals surface area contributed by atoms with E-state index in [1.807, 2.05) is 48.5 Å². The highest BCUT2D eigenvalue weighted by molar-refractivity contribution is 5.88. The van der Waals surface area contributed by atoms with E-state index in [4.69, 9.17) is 5.73 Å². The average Bonchev–Trinajstić information content (AvgIpc) is 3.26. The fourth-order valence-corrected chi connectivity index (χ4v) is 3.80. The monoisotopic (exact) mass is 364 g/mol. The number of para-hydroxylation sites is 3. The smallest absolute Gasteiger partial charge is 0.331 e. The van der Waals surface area contributed by atoms with Crippen LogP contribution in [-0.4, -0.2) is 38.9 Å². The quantitative estimate of drug-likeness (QED) is 0.730. The fourth-order valence-electron chi connectivity index (χ4n) is 3.80. The number of primary amides is 1. The van der Waals surface area contributed by atoms with Crippen LogP contribution in [0.25, 0.3) is 16.7 Å². The second kappa shape index (κ2) is 6.75. The Morgan fingerprint density at radius 1 is 1.11 bits per heavy atom. The summed E-state index contributed by atoms with van der Waals surface area (Å²) in [5, 5.41) is 0. The van der Waals surface area contributed by atoms with Gasteiger partial charge in [-0.25, -0.2) is 4.79 Å². The van der Waals surface area contributed by atoms with Gasteiger partial charge in [0.25, 0.3) is 0 Å². The minimum Gasteiger partial charge on any atom is -0.368 e. The van der Waals surface area contributed by atoms with Crippen molar-refractivity contribution in [3.05, 3.63) is 64.6 Å². The number of hydrogen-bond acceptors (Lipinski definition) is 3. The summed E-state index contributed by atoms with van der Waals surface area (Å²) in [5.41, 5.74) is 8.03. The molecule has 4 rings (SSSR count). The molecule has 2 amide bonds. The number of aromatic amines is 1. The Hall–Kier alpha value is -3.35. The molecule has 3 aromatic rings. The number of fused-ring (bicyclic) bond motifs is 1. The number of amides is 2. The Kier molecular flexibility index (Phi) is 4.27. The molecule has 1 atom stereocenters. The Balaban J connectivity index is 1.72. The molecule has 1 fully saturated rings. The zero-order valence-corrected chi connectivity index (χ0v) is 14.7. The van der Waals surface area contributed by atoms with Crippen molar-refractivity contribution in [1.29, 1.82) is 0 Å². The first-order valence-corrected chi connectivity index (χ1v) is 8.93. The van der Waals surface area contributed by atoms with Gasteiger partial charge in [-0.1, -0.05) is 30.3 Å². The molecule has 3 N–H and O–H groups in total. The van der Waals surface area contributed by atoms with Crippen LogP contribution in [0.1, 0.15) is 18.4 Å². The molecule has 2 aromatic carbocycles. The summed E-state index contributed by atoms with van der Waals surface area (Å²) in [6, 6.07) is 14.2. The molecule has 138 valence electrons. The van der Waals surface area contributed by atoms with Crippen molar-refractivity contribution >= 4 is 22.8 Å². The Morgan fingerprint density at radius 3 is 2.67 bits per heavy atom. The minimum absolute atomic E-state index is 0.103. The summed E-state index contributed by atoms with van der Waals surface area (Å²) >= 11 is 0. The van der Waals surface area contributed by atoms with Crippen molar-refractivity contribution in [2.45, 2.75) is 25.3 Å². The van der Waals surface area contributed by atoms with Crippen LogP contribution in [0.5, 0.6) is 0 Å². The lowest BCUT2D eigenvalue weighted by Crippen LogP contribution is -2.44. The van der Waals surface area contributed by atoms with Gasteiger partial charge in [0.2, 0.25) is 11.8 Å². The molecule has 2 heterocycles. The van der Waals surface area contributed by atoms with E-state index in [1.54, 1.807) is 9.47 Å². The summed E-state index contributed by atoms with van der Waals surface area (Å²) in [4.78, 5) is 41.3. The molecule has 1 aromatic heterocycles. The van der Waals surface area contributed by atoms with Crippen LogP contribution in [0.3, 0.4) is 0 Å². The second-order valence-electron chi connectivity index (χ2n) is 6.74. The predicted octanol–water partition coefficient (Wildman–Crippen LogP) is 1.34. The van der Waals surface area contributed by atoms with Crippen LogP contribution in [0.4, 0.5) is 0 Å². The zero-order valence-electron chi connectivity index (χ0n) is 14.7. The van der Waals surface area contributed by atoms with Crippen molar-refractivity contribution in [2.24, 2.45) is 5.73 Å². The first-order chi connectivity index (χ1) is 13.1. The van der Waals surface area contributed by atoms with Gasteiger partial charge in [0.05, 0.1) is 23.1 Å². The maximum Gasteiger partial charge on any atom is 0.331 e. The SMILES string of the molecule is NC(=O)C1CCCN1C(=O)Cc1ccccc1-n1c(=O)[nH]c2ccccc21. The number of nitrogens with zero attached hydrogens (tertiary/aromatic N) is 2. The van der Waals surface area contributed by atoms with Crippen molar-refractivity contribution in [3.8, 4) is 5.69 Å². The molecule has 0 radical (unpaired) electrons. The van der Waals surface area contributed by atoms with Crippen LogP contribution in [0.15, 0.2) is 53.3 Å². The van der Waals surface area contributed by atoms with Gasteiger partial charge in [-0.05, 0) is 36.6 Å². The standard InChI is InChI=1S/C20H20N4O3/c21-19(26)17-10-5-11-23(17)18(25)12-13-6-1-3-8-15(13)24-16-9-4-2-7-14(16)22-20(24)27/h1-4,6-9,17H,5,10-12H2,(H2,21,26)(H,22,27). The van der Waals surface area contributed by atoms with E-state index in [9.17, 15) is 14.4 Å². The highest BCUT2D eigenvalue weighted by atomic mass is 16.2. The van der Waals surface area contributed by atoms with E-state index in [0.717, 1.165) is 23.0 Å². The number of benzene rings is 2. The summed E-state index contributed by atoms with van der Waals surface area (Å²) in [6.45, 7) is 0.529. The van der Waals surface area contributed by atoms with Crippen molar-refractivity contribution < 1.29 is 9.59 Å². The summed E-state index contributed by atoms with van der Waals surface area (Å²) < 4.78 is 1.58. The first-order valence-electron chi connectivity index (χ1n) is 8.93. The minimum atomic E-state index is -0.541. The van der Waals surface area contributed by atoms with Crippen LogP contribution in [0.2, 0.25) is 0 Å². The third-order valence-corrected chi connectivity index (χ3v) is 5.07. The van der Waals surface area contributed by atoms with Gasteiger partial charge < -0.3 is 15.6 Å². The van der Waals surface area contributed by atoms with E-state index >= 15 is 0 Å². The summed E-state index contributed by atoms with van der Waals surface area (Å²) in [6.07, 6.45) is 1.47. The number of imidazole rings is 1. The topological polar surface area (TPSA) is 101 Å². The highest BCUT2D eigenvalue weighted by Crippen LogP contribution is 2.22. The van der Waals surface area contributed by atoms with Crippen LogP contribution in [0, 0.1) is 0 Å². The molecular formula is C20H20N4O3. The maximum absolute atomic E-state index is 12.8.